The maximum atomic E-state index is 5.52. The molecule has 4 nitrogen and oxygen atoms in total. The Labute approximate surface area is 155 Å². The van der Waals surface area contributed by atoms with E-state index in [-0.39, 0.29) is 0 Å². The molecule has 0 spiro atoms. The number of rotatable bonds is 5. The predicted octanol–water partition coefficient (Wildman–Crippen LogP) is 3.67. The van der Waals surface area contributed by atoms with Crippen molar-refractivity contribution in [3.63, 3.8) is 0 Å². The second kappa shape index (κ2) is 7.65. The van der Waals surface area contributed by atoms with Gasteiger partial charge < -0.3 is 9.64 Å². The van der Waals surface area contributed by atoms with Crippen LogP contribution in [-0.2, 0) is 6.54 Å². The number of nitrogens with zero attached hydrogens (tertiary/aromatic N) is 3. The van der Waals surface area contributed by atoms with Gasteiger partial charge in [0, 0.05) is 40.9 Å². The van der Waals surface area contributed by atoms with Crippen LogP contribution in [0, 0.1) is 20.8 Å². The Bertz CT molecular complexity index is 770. The lowest BCUT2D eigenvalue weighted by molar-refractivity contribution is -0.779. The maximum absolute atomic E-state index is 5.52. The Balaban J connectivity index is 2.03. The summed E-state index contributed by atoms with van der Waals surface area (Å²) in [4.78, 5) is 2.42. The third-order valence-corrected chi connectivity index (χ3v) is 5.83. The molecule has 0 amide bonds. The van der Waals surface area contributed by atoms with Gasteiger partial charge >= 0.3 is 0 Å². The van der Waals surface area contributed by atoms with Gasteiger partial charge in [-0.2, -0.15) is 0 Å². The van der Waals surface area contributed by atoms with Gasteiger partial charge in [0.1, 0.15) is 5.75 Å². The summed E-state index contributed by atoms with van der Waals surface area (Å²) in [7, 11) is 1.73. The van der Waals surface area contributed by atoms with Gasteiger partial charge in [0.15, 0.2) is 5.82 Å². The molecule has 0 atom stereocenters. The van der Waals surface area contributed by atoms with Crippen molar-refractivity contribution in [2.45, 2.75) is 45.2 Å². The standard InChI is InChI=1S/C20H28N3OS/c1-14-8-9-18(24-4)16(3)17(14)13-23-19(25-5)12-15(2)20(21-23)22-10-6-7-11-22/h8-9,12H,6-7,10-11,13H2,1-5H3/q+1. The number of benzene rings is 1. The van der Waals surface area contributed by atoms with Gasteiger partial charge in [-0.15, -0.1) is 0 Å². The van der Waals surface area contributed by atoms with E-state index in [1.54, 1.807) is 18.9 Å². The fourth-order valence-corrected chi connectivity index (χ4v) is 4.18. The monoisotopic (exact) mass is 358 g/mol. The Morgan fingerprint density at radius 1 is 1.16 bits per heavy atom. The van der Waals surface area contributed by atoms with E-state index < -0.39 is 0 Å². The Hall–Kier alpha value is -1.75. The molecule has 0 aliphatic carbocycles. The zero-order valence-corrected chi connectivity index (χ0v) is 16.7. The quantitative estimate of drug-likeness (QED) is 0.602. The van der Waals surface area contributed by atoms with Crippen molar-refractivity contribution in [3.05, 3.63) is 40.5 Å². The van der Waals surface area contributed by atoms with Crippen molar-refractivity contribution in [2.75, 3.05) is 31.4 Å². The van der Waals surface area contributed by atoms with Crippen molar-refractivity contribution >= 4 is 17.6 Å². The van der Waals surface area contributed by atoms with Crippen molar-refractivity contribution in [2.24, 2.45) is 0 Å². The Kier molecular flexibility index (Phi) is 5.52. The van der Waals surface area contributed by atoms with Gasteiger partial charge in [-0.25, -0.2) is 0 Å². The summed E-state index contributed by atoms with van der Waals surface area (Å²) in [6.45, 7) is 9.47. The van der Waals surface area contributed by atoms with Crippen LogP contribution in [0.4, 0.5) is 5.82 Å². The fraction of sp³-hybridized carbons (Fsp3) is 0.500. The lowest BCUT2D eigenvalue weighted by Crippen LogP contribution is -2.43. The number of anilines is 1. The van der Waals surface area contributed by atoms with E-state index >= 15 is 0 Å². The minimum Gasteiger partial charge on any atom is -0.496 e. The van der Waals surface area contributed by atoms with Crippen LogP contribution in [0.1, 0.15) is 35.1 Å². The molecular formula is C20H28N3OS+. The van der Waals surface area contributed by atoms with Crippen LogP contribution >= 0.6 is 11.8 Å². The summed E-state index contributed by atoms with van der Waals surface area (Å²) in [6, 6.07) is 6.46. The van der Waals surface area contributed by atoms with Crippen LogP contribution in [0.15, 0.2) is 23.2 Å². The molecule has 1 aliphatic rings. The number of aryl methyl sites for hydroxylation is 2. The summed E-state index contributed by atoms with van der Waals surface area (Å²) in [5.74, 6) is 2.08. The predicted molar refractivity (Wildman–Crippen MR) is 104 cm³/mol. The molecular weight excluding hydrogens is 330 g/mol. The molecule has 1 aliphatic heterocycles. The number of hydrogen-bond donors (Lipinski definition) is 0. The second-order valence-electron chi connectivity index (χ2n) is 6.73. The highest BCUT2D eigenvalue weighted by atomic mass is 32.2. The highest BCUT2D eigenvalue weighted by molar-refractivity contribution is 7.98. The van der Waals surface area contributed by atoms with Crippen molar-refractivity contribution in [1.29, 1.82) is 0 Å². The number of aromatic nitrogens is 2. The van der Waals surface area contributed by atoms with Crippen LogP contribution in [0.3, 0.4) is 0 Å². The molecule has 0 unspecified atom stereocenters. The van der Waals surface area contributed by atoms with Gasteiger partial charge in [-0.05, 0) is 51.5 Å². The minimum atomic E-state index is 0.770. The summed E-state index contributed by atoms with van der Waals surface area (Å²) in [5, 5.41) is 6.24. The molecule has 5 heteroatoms. The van der Waals surface area contributed by atoms with E-state index in [0.717, 1.165) is 31.2 Å². The van der Waals surface area contributed by atoms with Crippen LogP contribution < -0.4 is 14.3 Å². The molecule has 1 saturated heterocycles. The molecule has 0 radical (unpaired) electrons. The number of thioether (sulfide) groups is 1. The average molecular weight is 359 g/mol. The number of methoxy groups -OCH3 is 1. The molecule has 25 heavy (non-hydrogen) atoms. The van der Waals surface area contributed by atoms with E-state index in [1.165, 1.54) is 40.1 Å². The highest BCUT2D eigenvalue weighted by Gasteiger charge is 2.24. The maximum Gasteiger partial charge on any atom is 0.266 e. The van der Waals surface area contributed by atoms with E-state index in [0.29, 0.717) is 0 Å². The van der Waals surface area contributed by atoms with E-state index in [2.05, 4.69) is 48.7 Å². The average Bonchev–Trinajstić information content (AvgIpc) is 3.13. The van der Waals surface area contributed by atoms with Crippen molar-refractivity contribution in [1.82, 2.24) is 5.10 Å². The van der Waals surface area contributed by atoms with E-state index in [1.807, 2.05) is 6.07 Å². The van der Waals surface area contributed by atoms with Crippen LogP contribution in [0.2, 0.25) is 0 Å². The first-order chi connectivity index (χ1) is 12.0. The molecule has 3 rings (SSSR count). The molecule has 2 heterocycles. The molecule has 0 saturated carbocycles. The normalized spacial score (nSPS) is 14.2. The van der Waals surface area contributed by atoms with Crippen molar-refractivity contribution in [3.8, 4) is 5.75 Å². The minimum absolute atomic E-state index is 0.770. The molecule has 0 N–H and O–H groups in total. The van der Waals surface area contributed by atoms with Crippen LogP contribution in [0.25, 0.3) is 0 Å². The molecule has 2 aromatic rings. The number of hydrogen-bond acceptors (Lipinski definition) is 4. The summed E-state index contributed by atoms with van der Waals surface area (Å²) in [5.41, 5.74) is 5.04. The third kappa shape index (κ3) is 3.61. The Morgan fingerprint density at radius 2 is 1.88 bits per heavy atom. The van der Waals surface area contributed by atoms with Crippen LogP contribution in [0.5, 0.6) is 5.75 Å². The van der Waals surface area contributed by atoms with Crippen LogP contribution in [-0.4, -0.2) is 31.6 Å². The van der Waals surface area contributed by atoms with Gasteiger partial charge in [-0.1, -0.05) is 22.5 Å². The lowest BCUT2D eigenvalue weighted by atomic mass is 10.0. The topological polar surface area (TPSA) is 29.2 Å². The fourth-order valence-electron chi connectivity index (χ4n) is 3.57. The van der Waals surface area contributed by atoms with Crippen molar-refractivity contribution < 1.29 is 9.42 Å². The first-order valence-electron chi connectivity index (χ1n) is 8.89. The molecule has 1 aromatic carbocycles. The van der Waals surface area contributed by atoms with Gasteiger partial charge in [0.2, 0.25) is 6.54 Å². The smallest absolute Gasteiger partial charge is 0.266 e. The van der Waals surface area contributed by atoms with Gasteiger partial charge in [0.25, 0.3) is 5.03 Å². The first-order valence-corrected chi connectivity index (χ1v) is 10.1. The first kappa shape index (κ1) is 18.1. The largest absolute Gasteiger partial charge is 0.496 e. The second-order valence-corrected chi connectivity index (χ2v) is 7.56. The van der Waals surface area contributed by atoms with Gasteiger partial charge in [-0.3, -0.25) is 0 Å². The van der Waals surface area contributed by atoms with Gasteiger partial charge in [0.05, 0.1) is 7.11 Å². The number of ether oxygens (including phenoxy) is 1. The zero-order chi connectivity index (χ0) is 18.0. The molecule has 1 aromatic heterocycles. The molecule has 134 valence electrons. The summed E-state index contributed by atoms with van der Waals surface area (Å²) >= 11 is 1.75. The third-order valence-electron chi connectivity index (χ3n) is 5.09. The van der Waals surface area contributed by atoms with E-state index in [9.17, 15) is 0 Å². The molecule has 1 fully saturated rings. The summed E-state index contributed by atoms with van der Waals surface area (Å²) < 4.78 is 7.67. The Morgan fingerprint density at radius 3 is 2.52 bits per heavy atom. The lowest BCUT2D eigenvalue weighted by Gasteiger charge is -2.17. The highest BCUT2D eigenvalue weighted by Crippen LogP contribution is 2.26. The van der Waals surface area contributed by atoms with E-state index in [4.69, 9.17) is 9.84 Å². The summed E-state index contributed by atoms with van der Waals surface area (Å²) in [6.07, 6.45) is 4.65. The zero-order valence-electron chi connectivity index (χ0n) is 15.9. The SMILES string of the molecule is COc1ccc(C)c(C[n+]2nc(N3CCCC3)c(C)cc2SC)c1C. The molecule has 0 bridgehead atoms.